The lowest BCUT2D eigenvalue weighted by Crippen LogP contribution is -2.22. The van der Waals surface area contributed by atoms with Gasteiger partial charge in [0.25, 0.3) is 5.91 Å². The standard InChI is InChI=1S/C19H18N2O3S/c1-12-8-9-14(10-13(12)2)18(23)20-19-21(11-17(22)24-3)15-6-4-5-7-16(15)25-19/h4-10H,11H2,1-3H3. The maximum Gasteiger partial charge on any atom is 0.325 e. The van der Waals surface area contributed by atoms with Crippen LogP contribution < -0.4 is 4.80 Å². The van der Waals surface area contributed by atoms with Gasteiger partial charge in [-0.05, 0) is 49.2 Å². The number of hydrogen-bond acceptors (Lipinski definition) is 4. The largest absolute Gasteiger partial charge is 0.468 e. The zero-order valence-electron chi connectivity index (χ0n) is 14.3. The van der Waals surface area contributed by atoms with Gasteiger partial charge in [-0.25, -0.2) is 0 Å². The van der Waals surface area contributed by atoms with Crippen molar-refractivity contribution in [3.63, 3.8) is 0 Å². The number of nitrogens with zero attached hydrogens (tertiary/aromatic N) is 2. The fourth-order valence-corrected chi connectivity index (χ4v) is 3.51. The van der Waals surface area contributed by atoms with E-state index in [9.17, 15) is 9.59 Å². The highest BCUT2D eigenvalue weighted by Gasteiger charge is 2.12. The summed E-state index contributed by atoms with van der Waals surface area (Å²) in [5, 5.41) is 0. The SMILES string of the molecule is COC(=O)Cn1c(=NC(=O)c2ccc(C)c(C)c2)sc2ccccc21. The molecule has 6 heteroatoms. The third-order valence-corrected chi connectivity index (χ3v) is 5.11. The summed E-state index contributed by atoms with van der Waals surface area (Å²) in [6, 6.07) is 13.1. The van der Waals surface area contributed by atoms with E-state index < -0.39 is 0 Å². The number of benzene rings is 2. The number of carbonyl (C=O) groups excluding carboxylic acids is 2. The minimum Gasteiger partial charge on any atom is -0.468 e. The second-order valence-electron chi connectivity index (χ2n) is 5.73. The Bertz CT molecular complexity index is 1030. The number of methoxy groups -OCH3 is 1. The number of amides is 1. The molecule has 0 atom stereocenters. The number of hydrogen-bond donors (Lipinski definition) is 0. The van der Waals surface area contributed by atoms with Gasteiger partial charge in [0.15, 0.2) is 4.80 Å². The molecule has 0 aliphatic rings. The van der Waals surface area contributed by atoms with Crippen LogP contribution in [0.1, 0.15) is 21.5 Å². The molecule has 1 aromatic heterocycles. The lowest BCUT2D eigenvalue weighted by Gasteiger charge is -2.04. The monoisotopic (exact) mass is 354 g/mol. The van der Waals surface area contributed by atoms with Gasteiger partial charge in [0, 0.05) is 5.56 Å². The molecular weight excluding hydrogens is 336 g/mol. The normalized spacial score (nSPS) is 11.7. The minimum atomic E-state index is -0.386. The molecule has 0 radical (unpaired) electrons. The van der Waals surface area contributed by atoms with Gasteiger partial charge < -0.3 is 9.30 Å². The fraction of sp³-hybridized carbons (Fsp3) is 0.211. The second kappa shape index (κ2) is 7.03. The van der Waals surface area contributed by atoms with Crippen LogP contribution in [0.2, 0.25) is 0 Å². The molecule has 25 heavy (non-hydrogen) atoms. The van der Waals surface area contributed by atoms with E-state index in [-0.39, 0.29) is 18.4 Å². The van der Waals surface area contributed by atoms with Crippen LogP contribution in [-0.4, -0.2) is 23.6 Å². The zero-order valence-corrected chi connectivity index (χ0v) is 15.1. The molecule has 1 amide bonds. The van der Waals surface area contributed by atoms with Crippen LogP contribution in [0.5, 0.6) is 0 Å². The summed E-state index contributed by atoms with van der Waals surface area (Å²) in [6.45, 7) is 3.97. The first-order valence-electron chi connectivity index (χ1n) is 7.81. The Morgan fingerprint density at radius 2 is 1.88 bits per heavy atom. The maximum atomic E-state index is 12.6. The van der Waals surface area contributed by atoms with Gasteiger partial charge in [0.05, 0.1) is 17.3 Å². The Hall–Kier alpha value is -2.73. The molecule has 128 valence electrons. The van der Waals surface area contributed by atoms with Crippen molar-refractivity contribution in [3.8, 4) is 0 Å². The topological polar surface area (TPSA) is 60.7 Å². The van der Waals surface area contributed by atoms with Gasteiger partial charge >= 0.3 is 5.97 Å². The van der Waals surface area contributed by atoms with Gasteiger partial charge in [-0.2, -0.15) is 4.99 Å². The van der Waals surface area contributed by atoms with Crippen LogP contribution in [0, 0.1) is 13.8 Å². The zero-order chi connectivity index (χ0) is 18.0. The summed E-state index contributed by atoms with van der Waals surface area (Å²) in [4.78, 5) is 29.1. The highest BCUT2D eigenvalue weighted by atomic mass is 32.1. The van der Waals surface area contributed by atoms with Crippen molar-refractivity contribution in [2.24, 2.45) is 4.99 Å². The first-order valence-corrected chi connectivity index (χ1v) is 8.62. The molecule has 0 saturated carbocycles. The van der Waals surface area contributed by atoms with E-state index in [4.69, 9.17) is 4.74 Å². The van der Waals surface area contributed by atoms with Crippen molar-refractivity contribution < 1.29 is 14.3 Å². The molecule has 0 spiro atoms. The third kappa shape index (κ3) is 3.53. The summed E-state index contributed by atoms with van der Waals surface area (Å²) >= 11 is 1.37. The summed E-state index contributed by atoms with van der Waals surface area (Å²) in [5.74, 6) is -0.711. The highest BCUT2D eigenvalue weighted by molar-refractivity contribution is 7.16. The molecule has 1 heterocycles. The third-order valence-electron chi connectivity index (χ3n) is 4.05. The molecule has 0 aliphatic heterocycles. The Morgan fingerprint density at radius 1 is 1.12 bits per heavy atom. The molecular formula is C19H18N2O3S. The molecule has 0 aliphatic carbocycles. The van der Waals surface area contributed by atoms with Crippen LogP contribution in [-0.2, 0) is 16.1 Å². The summed E-state index contributed by atoms with van der Waals surface area (Å²) in [7, 11) is 1.34. The van der Waals surface area contributed by atoms with Crippen LogP contribution in [0.25, 0.3) is 10.2 Å². The molecule has 0 saturated heterocycles. The van der Waals surface area contributed by atoms with Gasteiger partial charge in [-0.15, -0.1) is 0 Å². The van der Waals surface area contributed by atoms with E-state index in [1.54, 1.807) is 10.6 Å². The first-order chi connectivity index (χ1) is 12.0. The molecule has 0 bridgehead atoms. The lowest BCUT2D eigenvalue weighted by molar-refractivity contribution is -0.141. The van der Waals surface area contributed by atoms with Crippen LogP contribution in [0.4, 0.5) is 0 Å². The Balaban J connectivity index is 2.11. The number of rotatable bonds is 3. The first kappa shape index (κ1) is 17.1. The van der Waals surface area contributed by atoms with E-state index >= 15 is 0 Å². The van der Waals surface area contributed by atoms with Crippen molar-refractivity contribution in [1.29, 1.82) is 0 Å². The smallest absolute Gasteiger partial charge is 0.325 e. The molecule has 0 fully saturated rings. The molecule has 0 unspecified atom stereocenters. The molecule has 3 aromatic rings. The molecule has 2 aromatic carbocycles. The van der Waals surface area contributed by atoms with Gasteiger partial charge in [0.2, 0.25) is 0 Å². The van der Waals surface area contributed by atoms with Gasteiger partial charge in [-0.1, -0.05) is 29.5 Å². The Labute approximate surface area is 149 Å². The lowest BCUT2D eigenvalue weighted by atomic mass is 10.1. The maximum absolute atomic E-state index is 12.6. The number of thiazole rings is 1. The number of para-hydroxylation sites is 1. The Morgan fingerprint density at radius 3 is 2.60 bits per heavy atom. The van der Waals surface area contributed by atoms with Crippen molar-refractivity contribution in [2.75, 3.05) is 7.11 Å². The second-order valence-corrected chi connectivity index (χ2v) is 6.74. The average molecular weight is 354 g/mol. The molecule has 5 nitrogen and oxygen atoms in total. The van der Waals surface area contributed by atoms with Gasteiger partial charge in [0.1, 0.15) is 6.54 Å². The molecule has 3 rings (SSSR count). The predicted octanol–water partition coefficient (Wildman–Crippen LogP) is 3.23. The molecule has 0 N–H and O–H groups in total. The number of ether oxygens (including phenoxy) is 1. The van der Waals surface area contributed by atoms with Crippen LogP contribution in [0.15, 0.2) is 47.5 Å². The van der Waals surface area contributed by atoms with E-state index in [2.05, 4.69) is 4.99 Å². The number of carbonyl (C=O) groups is 2. The van der Waals surface area contributed by atoms with Crippen molar-refractivity contribution in [1.82, 2.24) is 4.57 Å². The number of fused-ring (bicyclic) bond motifs is 1. The fourth-order valence-electron chi connectivity index (χ4n) is 2.48. The summed E-state index contributed by atoms with van der Waals surface area (Å²) in [6.07, 6.45) is 0. The Kier molecular flexibility index (Phi) is 4.81. The number of aryl methyl sites for hydroxylation is 2. The van der Waals surface area contributed by atoms with Gasteiger partial charge in [-0.3, -0.25) is 9.59 Å². The van der Waals surface area contributed by atoms with Crippen LogP contribution >= 0.6 is 11.3 Å². The van der Waals surface area contributed by atoms with E-state index in [0.717, 1.165) is 21.3 Å². The average Bonchev–Trinajstić information content (AvgIpc) is 2.94. The minimum absolute atomic E-state index is 0.0134. The number of esters is 1. The quantitative estimate of drug-likeness (QED) is 0.679. The van der Waals surface area contributed by atoms with Crippen molar-refractivity contribution >= 4 is 33.4 Å². The highest BCUT2D eigenvalue weighted by Crippen LogP contribution is 2.17. The summed E-state index contributed by atoms with van der Waals surface area (Å²) < 4.78 is 7.43. The number of aromatic nitrogens is 1. The van der Waals surface area contributed by atoms with Crippen LogP contribution in [0.3, 0.4) is 0 Å². The van der Waals surface area contributed by atoms with E-state index in [1.165, 1.54) is 18.4 Å². The van der Waals surface area contributed by atoms with E-state index in [1.807, 2.05) is 50.2 Å². The van der Waals surface area contributed by atoms with Crippen molar-refractivity contribution in [3.05, 3.63) is 64.0 Å². The van der Waals surface area contributed by atoms with Crippen molar-refractivity contribution in [2.45, 2.75) is 20.4 Å². The summed E-state index contributed by atoms with van der Waals surface area (Å²) in [5.41, 5.74) is 3.55. The van der Waals surface area contributed by atoms with E-state index in [0.29, 0.717) is 10.4 Å². The predicted molar refractivity (Wildman–Crippen MR) is 97.6 cm³/mol.